The Morgan fingerprint density at radius 2 is 2.29 bits per heavy atom. The molecular formula is C17H22N4O3. The molecule has 2 aromatic rings. The third-order valence-corrected chi connectivity index (χ3v) is 4.11. The SMILES string of the molecule is CNc1nc(C)cc(C(=O)N2CCC[C@@H]2c2ccc(COC)o2)n1. The molecule has 3 rings (SSSR count). The topological polar surface area (TPSA) is 80.5 Å². The lowest BCUT2D eigenvalue weighted by Crippen LogP contribution is -2.31. The van der Waals surface area contributed by atoms with Gasteiger partial charge in [0.1, 0.15) is 23.8 Å². The number of hydrogen-bond donors (Lipinski definition) is 1. The smallest absolute Gasteiger partial charge is 0.273 e. The summed E-state index contributed by atoms with van der Waals surface area (Å²) in [5.41, 5.74) is 1.16. The van der Waals surface area contributed by atoms with Gasteiger partial charge >= 0.3 is 0 Å². The molecule has 1 atom stereocenters. The third-order valence-electron chi connectivity index (χ3n) is 4.11. The molecule has 2 aromatic heterocycles. The van der Waals surface area contributed by atoms with Crippen LogP contribution in [0.15, 0.2) is 22.6 Å². The Labute approximate surface area is 141 Å². The van der Waals surface area contributed by atoms with Crippen molar-refractivity contribution in [1.29, 1.82) is 0 Å². The Hall–Kier alpha value is -2.41. The van der Waals surface area contributed by atoms with E-state index in [1.54, 1.807) is 20.2 Å². The highest BCUT2D eigenvalue weighted by molar-refractivity contribution is 5.93. The lowest BCUT2D eigenvalue weighted by Gasteiger charge is -2.23. The van der Waals surface area contributed by atoms with Crippen LogP contribution in [0.25, 0.3) is 0 Å². The van der Waals surface area contributed by atoms with Crippen LogP contribution in [0.1, 0.15) is 46.6 Å². The van der Waals surface area contributed by atoms with Gasteiger partial charge in [-0.1, -0.05) is 0 Å². The van der Waals surface area contributed by atoms with E-state index >= 15 is 0 Å². The summed E-state index contributed by atoms with van der Waals surface area (Å²) in [4.78, 5) is 23.3. The highest BCUT2D eigenvalue weighted by Crippen LogP contribution is 2.34. The summed E-state index contributed by atoms with van der Waals surface area (Å²) in [5, 5.41) is 2.89. The second-order valence-electron chi connectivity index (χ2n) is 5.86. The number of carbonyl (C=O) groups excluding carboxylic acids is 1. The molecule has 0 saturated carbocycles. The highest BCUT2D eigenvalue weighted by atomic mass is 16.5. The van der Waals surface area contributed by atoms with Crippen molar-refractivity contribution in [2.24, 2.45) is 0 Å². The summed E-state index contributed by atoms with van der Waals surface area (Å²) in [6.07, 6.45) is 1.83. The number of aryl methyl sites for hydroxylation is 1. The molecule has 1 saturated heterocycles. The summed E-state index contributed by atoms with van der Waals surface area (Å²) in [6, 6.07) is 5.48. The van der Waals surface area contributed by atoms with E-state index in [1.807, 2.05) is 24.0 Å². The molecule has 3 heterocycles. The molecule has 0 aromatic carbocycles. The lowest BCUT2D eigenvalue weighted by molar-refractivity contribution is 0.0709. The molecule has 1 N–H and O–H groups in total. The van der Waals surface area contributed by atoms with Crippen LogP contribution in [0.5, 0.6) is 0 Å². The van der Waals surface area contributed by atoms with E-state index in [-0.39, 0.29) is 11.9 Å². The monoisotopic (exact) mass is 330 g/mol. The second-order valence-corrected chi connectivity index (χ2v) is 5.86. The number of methoxy groups -OCH3 is 1. The quantitative estimate of drug-likeness (QED) is 0.907. The van der Waals surface area contributed by atoms with Crippen LogP contribution in [0.2, 0.25) is 0 Å². The highest BCUT2D eigenvalue weighted by Gasteiger charge is 2.33. The minimum Gasteiger partial charge on any atom is -0.461 e. The Morgan fingerprint density at radius 1 is 1.46 bits per heavy atom. The van der Waals surface area contributed by atoms with E-state index in [1.165, 1.54) is 0 Å². The number of ether oxygens (including phenoxy) is 1. The molecule has 7 nitrogen and oxygen atoms in total. The number of likely N-dealkylation sites (tertiary alicyclic amines) is 1. The number of anilines is 1. The molecule has 0 unspecified atom stereocenters. The van der Waals surface area contributed by atoms with Crippen molar-refractivity contribution in [3.05, 3.63) is 41.1 Å². The first-order chi connectivity index (χ1) is 11.6. The molecule has 0 radical (unpaired) electrons. The van der Waals surface area contributed by atoms with Gasteiger partial charge in [-0.25, -0.2) is 9.97 Å². The minimum atomic E-state index is -0.0933. The van der Waals surface area contributed by atoms with Gasteiger partial charge in [-0.2, -0.15) is 0 Å². The molecule has 1 aliphatic rings. The summed E-state index contributed by atoms with van der Waals surface area (Å²) in [5.74, 6) is 1.92. The van der Waals surface area contributed by atoms with Crippen molar-refractivity contribution in [2.75, 3.05) is 26.0 Å². The summed E-state index contributed by atoms with van der Waals surface area (Å²) >= 11 is 0. The van der Waals surface area contributed by atoms with Crippen molar-refractivity contribution in [3.63, 3.8) is 0 Å². The summed E-state index contributed by atoms with van der Waals surface area (Å²) < 4.78 is 10.9. The fourth-order valence-corrected chi connectivity index (χ4v) is 3.04. The third kappa shape index (κ3) is 3.26. The average Bonchev–Trinajstić information content (AvgIpc) is 3.22. The van der Waals surface area contributed by atoms with Crippen LogP contribution in [0.3, 0.4) is 0 Å². The first-order valence-electron chi connectivity index (χ1n) is 8.04. The number of aromatic nitrogens is 2. The standard InChI is InChI=1S/C17H22N4O3/c1-11-9-13(20-17(18-2)19-11)16(22)21-8-4-5-14(21)15-7-6-12(24-15)10-23-3/h6-7,9,14H,4-5,8,10H2,1-3H3,(H,18,19,20)/t14-/m1/s1. The van der Waals surface area contributed by atoms with Gasteiger partial charge in [0.15, 0.2) is 0 Å². The molecular weight excluding hydrogens is 308 g/mol. The maximum Gasteiger partial charge on any atom is 0.273 e. The Morgan fingerprint density at radius 3 is 3.04 bits per heavy atom. The Bertz CT molecular complexity index is 728. The fourth-order valence-electron chi connectivity index (χ4n) is 3.04. The molecule has 7 heteroatoms. The van der Waals surface area contributed by atoms with E-state index in [9.17, 15) is 4.79 Å². The Kier molecular flexibility index (Phi) is 4.80. The van der Waals surface area contributed by atoms with Crippen LogP contribution < -0.4 is 5.32 Å². The number of rotatable bonds is 5. The van der Waals surface area contributed by atoms with E-state index < -0.39 is 0 Å². The van der Waals surface area contributed by atoms with Crippen LogP contribution in [0.4, 0.5) is 5.95 Å². The number of carbonyl (C=O) groups is 1. The van der Waals surface area contributed by atoms with Crippen molar-refractivity contribution >= 4 is 11.9 Å². The molecule has 1 aliphatic heterocycles. The van der Waals surface area contributed by atoms with Gasteiger partial charge < -0.3 is 19.4 Å². The van der Waals surface area contributed by atoms with Crippen molar-refractivity contribution in [2.45, 2.75) is 32.4 Å². The molecule has 0 spiro atoms. The number of hydrogen-bond acceptors (Lipinski definition) is 6. The lowest BCUT2D eigenvalue weighted by atomic mass is 10.1. The van der Waals surface area contributed by atoms with Gasteiger partial charge in [0.05, 0.1) is 6.04 Å². The Balaban J connectivity index is 1.84. The van der Waals surface area contributed by atoms with E-state index in [2.05, 4.69) is 15.3 Å². The van der Waals surface area contributed by atoms with Crippen molar-refractivity contribution < 1.29 is 13.9 Å². The van der Waals surface area contributed by atoms with Gasteiger partial charge in [0.25, 0.3) is 5.91 Å². The summed E-state index contributed by atoms with van der Waals surface area (Å²) in [7, 11) is 3.37. The second kappa shape index (κ2) is 7.00. The summed E-state index contributed by atoms with van der Waals surface area (Å²) in [6.45, 7) is 2.98. The number of amides is 1. The first kappa shape index (κ1) is 16.4. The van der Waals surface area contributed by atoms with Gasteiger partial charge in [-0.05, 0) is 38.0 Å². The van der Waals surface area contributed by atoms with Gasteiger partial charge in [-0.3, -0.25) is 4.79 Å². The van der Waals surface area contributed by atoms with Crippen molar-refractivity contribution in [3.8, 4) is 0 Å². The first-order valence-corrected chi connectivity index (χ1v) is 8.04. The van der Waals surface area contributed by atoms with Gasteiger partial charge in [-0.15, -0.1) is 0 Å². The number of furan rings is 1. The van der Waals surface area contributed by atoms with Crippen LogP contribution in [0, 0.1) is 6.92 Å². The zero-order valence-corrected chi connectivity index (χ0v) is 14.2. The predicted molar refractivity (Wildman–Crippen MR) is 88.7 cm³/mol. The molecule has 0 bridgehead atoms. The number of nitrogens with one attached hydrogen (secondary N) is 1. The fraction of sp³-hybridized carbons (Fsp3) is 0.471. The van der Waals surface area contributed by atoms with Gasteiger partial charge in [0.2, 0.25) is 5.95 Å². The minimum absolute atomic E-state index is 0.0589. The molecule has 1 fully saturated rings. The van der Waals surface area contributed by atoms with Crippen LogP contribution in [-0.2, 0) is 11.3 Å². The zero-order valence-electron chi connectivity index (χ0n) is 14.2. The maximum atomic E-state index is 12.9. The zero-order chi connectivity index (χ0) is 17.1. The van der Waals surface area contributed by atoms with E-state index in [4.69, 9.17) is 9.15 Å². The molecule has 0 aliphatic carbocycles. The largest absolute Gasteiger partial charge is 0.461 e. The van der Waals surface area contributed by atoms with Crippen LogP contribution >= 0.6 is 0 Å². The maximum absolute atomic E-state index is 12.9. The van der Waals surface area contributed by atoms with Crippen LogP contribution in [-0.4, -0.2) is 41.5 Å². The molecule has 128 valence electrons. The number of nitrogens with zero attached hydrogens (tertiary/aromatic N) is 3. The van der Waals surface area contributed by atoms with E-state index in [0.717, 1.165) is 30.1 Å². The normalized spacial score (nSPS) is 17.3. The average molecular weight is 330 g/mol. The van der Waals surface area contributed by atoms with E-state index in [0.29, 0.717) is 24.8 Å². The molecule has 24 heavy (non-hydrogen) atoms. The van der Waals surface area contributed by atoms with Crippen molar-refractivity contribution in [1.82, 2.24) is 14.9 Å². The molecule has 1 amide bonds. The predicted octanol–water partition coefficient (Wildman–Crippen LogP) is 2.54. The van der Waals surface area contributed by atoms with Gasteiger partial charge in [0, 0.05) is 26.4 Å².